The van der Waals surface area contributed by atoms with Crippen LogP contribution in [0.15, 0.2) is 46.9 Å². The molecule has 1 amide bonds. The fourth-order valence-corrected chi connectivity index (χ4v) is 2.33. The third kappa shape index (κ3) is 4.38. The fraction of sp³-hybridized carbons (Fsp3) is 0.133. The predicted molar refractivity (Wildman–Crippen MR) is 88.5 cm³/mol. The molecular formula is C15H13ClINO2. The summed E-state index contributed by atoms with van der Waals surface area (Å²) < 4.78 is 6.13. The summed E-state index contributed by atoms with van der Waals surface area (Å²) in [5.74, 6) is 0.476. The Morgan fingerprint density at radius 2 is 2.20 bits per heavy atom. The Bertz CT molecular complexity index is 636. The topological polar surface area (TPSA) is 42.2 Å². The summed E-state index contributed by atoms with van der Waals surface area (Å²) in [6, 6.07) is 11.0. The van der Waals surface area contributed by atoms with Crippen LogP contribution >= 0.6 is 34.2 Å². The molecule has 20 heavy (non-hydrogen) atoms. The molecule has 0 aliphatic carbocycles. The summed E-state index contributed by atoms with van der Waals surface area (Å²) >= 11 is 8.00. The van der Waals surface area contributed by atoms with Gasteiger partial charge in [-0.25, -0.2) is 0 Å². The monoisotopic (exact) mass is 401 g/mol. The van der Waals surface area contributed by atoms with Crippen LogP contribution in [0.3, 0.4) is 0 Å². The minimum Gasteiger partial charge on any atom is -0.451 e. The third-order valence-corrected chi connectivity index (χ3v) is 3.52. The van der Waals surface area contributed by atoms with Crippen LogP contribution in [0.25, 0.3) is 6.08 Å². The van der Waals surface area contributed by atoms with Gasteiger partial charge in [0.25, 0.3) is 0 Å². The van der Waals surface area contributed by atoms with Crippen molar-refractivity contribution < 1.29 is 9.21 Å². The molecule has 0 saturated heterocycles. The molecule has 1 atom stereocenters. The molecule has 0 bridgehead atoms. The highest BCUT2D eigenvalue weighted by atomic mass is 127. The minimum absolute atomic E-state index is 0.109. The lowest BCUT2D eigenvalue weighted by molar-refractivity contribution is -0.117. The highest BCUT2D eigenvalue weighted by Crippen LogP contribution is 2.17. The maximum Gasteiger partial charge on any atom is 0.244 e. The maximum atomic E-state index is 11.8. The first-order chi connectivity index (χ1) is 9.54. The summed E-state index contributed by atoms with van der Waals surface area (Å²) in [7, 11) is 0. The van der Waals surface area contributed by atoms with E-state index in [0.717, 1.165) is 9.33 Å². The van der Waals surface area contributed by atoms with E-state index in [-0.39, 0.29) is 11.9 Å². The summed E-state index contributed by atoms with van der Waals surface area (Å²) in [6.07, 6.45) is 3.10. The van der Waals surface area contributed by atoms with Crippen LogP contribution in [-0.4, -0.2) is 5.91 Å². The van der Waals surface area contributed by atoms with Gasteiger partial charge in [0, 0.05) is 11.1 Å². The van der Waals surface area contributed by atoms with E-state index in [9.17, 15) is 4.79 Å². The average molecular weight is 402 g/mol. The van der Waals surface area contributed by atoms with Crippen molar-refractivity contribution in [1.82, 2.24) is 5.32 Å². The second-order valence-corrected chi connectivity index (χ2v) is 5.76. The van der Waals surface area contributed by atoms with Crippen molar-refractivity contribution in [2.75, 3.05) is 0 Å². The van der Waals surface area contributed by atoms with Crippen molar-refractivity contribution in [2.45, 2.75) is 13.0 Å². The van der Waals surface area contributed by atoms with Gasteiger partial charge in [0.15, 0.2) is 3.77 Å². The van der Waals surface area contributed by atoms with Gasteiger partial charge in [-0.05, 0) is 65.4 Å². The number of rotatable bonds is 4. The predicted octanol–water partition coefficient (Wildman–Crippen LogP) is 4.43. The van der Waals surface area contributed by atoms with Crippen LogP contribution in [-0.2, 0) is 4.79 Å². The Kier molecular flexibility index (Phi) is 5.25. The van der Waals surface area contributed by atoms with Gasteiger partial charge in [0.05, 0.1) is 6.04 Å². The zero-order valence-electron chi connectivity index (χ0n) is 10.8. The molecule has 0 aliphatic heterocycles. The van der Waals surface area contributed by atoms with Gasteiger partial charge in [0.2, 0.25) is 5.91 Å². The van der Waals surface area contributed by atoms with Crippen LogP contribution in [0.4, 0.5) is 0 Å². The molecule has 1 N–H and O–H groups in total. The molecule has 1 unspecified atom stereocenters. The van der Waals surface area contributed by atoms with E-state index in [4.69, 9.17) is 16.0 Å². The highest BCUT2D eigenvalue weighted by molar-refractivity contribution is 14.1. The Balaban J connectivity index is 1.96. The highest BCUT2D eigenvalue weighted by Gasteiger charge is 2.07. The summed E-state index contributed by atoms with van der Waals surface area (Å²) in [4.78, 5) is 11.8. The lowest BCUT2D eigenvalue weighted by Crippen LogP contribution is -2.24. The van der Waals surface area contributed by atoms with Crippen molar-refractivity contribution in [3.63, 3.8) is 0 Å². The first kappa shape index (κ1) is 15.1. The molecule has 3 nitrogen and oxygen atoms in total. The van der Waals surface area contributed by atoms with E-state index >= 15 is 0 Å². The quantitative estimate of drug-likeness (QED) is 0.608. The fourth-order valence-electron chi connectivity index (χ4n) is 1.70. The summed E-state index contributed by atoms with van der Waals surface area (Å²) in [5.41, 5.74) is 0.965. The first-order valence-corrected chi connectivity index (χ1v) is 7.49. The molecule has 0 fully saturated rings. The second-order valence-electron chi connectivity index (χ2n) is 4.26. The van der Waals surface area contributed by atoms with Crippen LogP contribution in [0.1, 0.15) is 24.3 Å². The van der Waals surface area contributed by atoms with Crippen molar-refractivity contribution in [1.29, 1.82) is 0 Å². The number of amides is 1. The Hall–Kier alpha value is -1.27. The lowest BCUT2D eigenvalue weighted by atomic mass is 10.1. The number of benzene rings is 1. The Morgan fingerprint density at radius 1 is 1.40 bits per heavy atom. The van der Waals surface area contributed by atoms with E-state index in [1.807, 2.05) is 37.3 Å². The van der Waals surface area contributed by atoms with Gasteiger partial charge in [-0.1, -0.05) is 23.7 Å². The maximum absolute atomic E-state index is 11.8. The molecule has 2 rings (SSSR count). The molecule has 0 aliphatic rings. The average Bonchev–Trinajstić information content (AvgIpc) is 2.82. The number of carbonyl (C=O) groups is 1. The van der Waals surface area contributed by atoms with Crippen molar-refractivity contribution in [3.8, 4) is 0 Å². The molecule has 1 aromatic carbocycles. The van der Waals surface area contributed by atoms with Crippen molar-refractivity contribution in [2.24, 2.45) is 0 Å². The molecule has 0 spiro atoms. The second kappa shape index (κ2) is 6.95. The molecule has 1 aromatic heterocycles. The van der Waals surface area contributed by atoms with E-state index < -0.39 is 0 Å². The summed E-state index contributed by atoms with van der Waals surface area (Å²) in [5, 5.41) is 3.53. The number of hydrogen-bond donors (Lipinski definition) is 1. The standard InChI is InChI=1S/C15H13ClINO2/c1-10(11-3-2-4-12(16)9-11)18-15(19)8-6-13-5-7-14(17)20-13/h2-10H,1H3,(H,18,19)/b8-6+. The zero-order valence-corrected chi connectivity index (χ0v) is 13.7. The smallest absolute Gasteiger partial charge is 0.244 e. The zero-order chi connectivity index (χ0) is 14.5. The number of carbonyl (C=O) groups excluding carboxylic acids is 1. The van der Waals surface area contributed by atoms with Gasteiger partial charge >= 0.3 is 0 Å². The van der Waals surface area contributed by atoms with E-state index in [1.165, 1.54) is 6.08 Å². The normalized spacial score (nSPS) is 12.6. The van der Waals surface area contributed by atoms with Crippen LogP contribution in [0.2, 0.25) is 5.02 Å². The van der Waals surface area contributed by atoms with Crippen LogP contribution < -0.4 is 5.32 Å². The van der Waals surface area contributed by atoms with Crippen LogP contribution in [0.5, 0.6) is 0 Å². The molecule has 2 aromatic rings. The minimum atomic E-state index is -0.177. The van der Waals surface area contributed by atoms with E-state index in [0.29, 0.717) is 10.8 Å². The van der Waals surface area contributed by atoms with Gasteiger partial charge in [-0.3, -0.25) is 4.79 Å². The number of nitrogens with one attached hydrogen (secondary N) is 1. The van der Waals surface area contributed by atoms with Gasteiger partial charge in [-0.2, -0.15) is 0 Å². The van der Waals surface area contributed by atoms with Crippen molar-refractivity contribution in [3.05, 3.63) is 62.6 Å². The molecule has 5 heteroatoms. The number of halogens is 2. The van der Waals surface area contributed by atoms with Gasteiger partial charge in [-0.15, -0.1) is 0 Å². The first-order valence-electron chi connectivity index (χ1n) is 6.04. The SMILES string of the molecule is CC(NC(=O)/C=C/c1ccc(I)o1)c1cccc(Cl)c1. The molecular weight excluding hydrogens is 389 g/mol. The number of hydrogen-bond acceptors (Lipinski definition) is 2. The summed E-state index contributed by atoms with van der Waals surface area (Å²) in [6.45, 7) is 1.91. The molecule has 0 radical (unpaired) electrons. The van der Waals surface area contributed by atoms with E-state index in [1.54, 1.807) is 12.1 Å². The van der Waals surface area contributed by atoms with Gasteiger partial charge < -0.3 is 9.73 Å². The Morgan fingerprint density at radius 3 is 2.85 bits per heavy atom. The molecule has 0 saturated carbocycles. The lowest BCUT2D eigenvalue weighted by Gasteiger charge is -2.13. The van der Waals surface area contributed by atoms with Crippen LogP contribution in [0, 0.1) is 3.77 Å². The molecule has 1 heterocycles. The third-order valence-electron chi connectivity index (χ3n) is 2.70. The largest absolute Gasteiger partial charge is 0.451 e. The molecule has 104 valence electrons. The number of furan rings is 1. The Labute approximate surface area is 136 Å². The van der Waals surface area contributed by atoms with Gasteiger partial charge in [0.1, 0.15) is 5.76 Å². The van der Waals surface area contributed by atoms with Crippen molar-refractivity contribution >= 4 is 46.2 Å². The van der Waals surface area contributed by atoms with E-state index in [2.05, 4.69) is 27.9 Å².